The average Bonchev–Trinajstić information content (AvgIpc) is 3.10. The Morgan fingerprint density at radius 3 is 2.57 bits per heavy atom. The van der Waals surface area contributed by atoms with E-state index in [2.05, 4.69) is 4.98 Å². The number of aromatic nitrogens is 2. The van der Waals surface area contributed by atoms with E-state index in [-0.39, 0.29) is 5.75 Å². The number of aryl methyl sites for hydroxylation is 1. The molecule has 0 spiro atoms. The van der Waals surface area contributed by atoms with Gasteiger partial charge in [-0.1, -0.05) is 0 Å². The molecule has 4 rings (SSSR count). The molecule has 7 heteroatoms. The number of benzene rings is 1. The van der Waals surface area contributed by atoms with Crippen LogP contribution in [0.15, 0.2) is 30.6 Å². The molecule has 2 aromatic heterocycles. The van der Waals surface area contributed by atoms with Crippen LogP contribution in [0.4, 0.5) is 4.39 Å². The Morgan fingerprint density at radius 2 is 1.93 bits per heavy atom. The molecule has 1 aliphatic heterocycles. The lowest BCUT2D eigenvalue weighted by molar-refractivity contribution is -0.0691. The van der Waals surface area contributed by atoms with Crippen molar-refractivity contribution in [3.63, 3.8) is 0 Å². The van der Waals surface area contributed by atoms with Crippen LogP contribution in [-0.2, 0) is 10.3 Å². The van der Waals surface area contributed by atoms with E-state index in [4.69, 9.17) is 14.2 Å². The zero-order valence-electron chi connectivity index (χ0n) is 16.2. The van der Waals surface area contributed by atoms with E-state index in [1.807, 2.05) is 16.7 Å². The van der Waals surface area contributed by atoms with E-state index in [1.165, 1.54) is 13.2 Å². The Labute approximate surface area is 162 Å². The van der Waals surface area contributed by atoms with E-state index < -0.39 is 11.4 Å². The van der Waals surface area contributed by atoms with Gasteiger partial charge in [0.15, 0.2) is 11.6 Å². The van der Waals surface area contributed by atoms with Crippen molar-refractivity contribution in [3.8, 4) is 22.8 Å². The van der Waals surface area contributed by atoms with Gasteiger partial charge in [0, 0.05) is 49.4 Å². The standard InChI is InChI=1S/C21H23FN2O4/c1-13-8-14(9-16(22)20(13)27-3)17-11-23-19-10-18(26-2)15(12-24(17)19)21(25)4-6-28-7-5-21/h8-12,25H,4-7H2,1-3H3. The topological polar surface area (TPSA) is 65.2 Å². The zero-order valence-corrected chi connectivity index (χ0v) is 16.2. The van der Waals surface area contributed by atoms with Crippen molar-refractivity contribution >= 4 is 5.65 Å². The van der Waals surface area contributed by atoms with Gasteiger partial charge in [0.05, 0.1) is 31.7 Å². The van der Waals surface area contributed by atoms with Gasteiger partial charge in [-0.2, -0.15) is 0 Å². The number of halogens is 1. The molecule has 148 valence electrons. The molecule has 0 aliphatic carbocycles. The molecule has 1 fully saturated rings. The van der Waals surface area contributed by atoms with Gasteiger partial charge in [0.2, 0.25) is 0 Å². The first-order valence-electron chi connectivity index (χ1n) is 9.17. The molecular formula is C21H23FN2O4. The minimum atomic E-state index is -1.04. The number of ether oxygens (including phenoxy) is 3. The summed E-state index contributed by atoms with van der Waals surface area (Å²) in [6.07, 6.45) is 4.48. The maximum atomic E-state index is 14.4. The number of fused-ring (bicyclic) bond motifs is 1. The highest BCUT2D eigenvalue weighted by atomic mass is 19.1. The van der Waals surface area contributed by atoms with Crippen LogP contribution < -0.4 is 9.47 Å². The van der Waals surface area contributed by atoms with Crippen LogP contribution in [0.25, 0.3) is 16.9 Å². The highest BCUT2D eigenvalue weighted by Gasteiger charge is 2.35. The molecule has 3 aromatic rings. The number of pyridine rings is 1. The SMILES string of the molecule is COc1cc2ncc(-c3cc(C)c(OC)c(F)c3)n2cc1C1(O)CCOCC1. The number of nitrogens with zero attached hydrogens (tertiary/aromatic N) is 2. The molecule has 0 unspecified atom stereocenters. The number of hydrogen-bond donors (Lipinski definition) is 1. The fourth-order valence-electron chi connectivity index (χ4n) is 3.85. The molecule has 0 atom stereocenters. The number of rotatable bonds is 4. The first-order chi connectivity index (χ1) is 13.5. The molecular weight excluding hydrogens is 363 g/mol. The molecule has 1 aromatic carbocycles. The summed E-state index contributed by atoms with van der Waals surface area (Å²) in [5.74, 6) is 0.381. The second-order valence-corrected chi connectivity index (χ2v) is 7.08. The van der Waals surface area contributed by atoms with E-state index in [0.717, 1.165) is 5.69 Å². The summed E-state index contributed by atoms with van der Waals surface area (Å²) in [7, 11) is 3.02. The summed E-state index contributed by atoms with van der Waals surface area (Å²) >= 11 is 0. The molecule has 6 nitrogen and oxygen atoms in total. The van der Waals surface area contributed by atoms with E-state index in [0.29, 0.717) is 54.1 Å². The summed E-state index contributed by atoms with van der Waals surface area (Å²) in [5, 5.41) is 11.2. The predicted molar refractivity (Wildman–Crippen MR) is 102 cm³/mol. The smallest absolute Gasteiger partial charge is 0.165 e. The fraction of sp³-hybridized carbons (Fsp3) is 0.381. The van der Waals surface area contributed by atoms with Crippen LogP contribution >= 0.6 is 0 Å². The minimum Gasteiger partial charge on any atom is -0.496 e. The number of hydrogen-bond acceptors (Lipinski definition) is 5. The van der Waals surface area contributed by atoms with Crippen LogP contribution in [0.3, 0.4) is 0 Å². The highest BCUT2D eigenvalue weighted by molar-refractivity contribution is 5.67. The Kier molecular flexibility index (Phi) is 4.72. The Hall–Kier alpha value is -2.64. The van der Waals surface area contributed by atoms with Crippen LogP contribution in [0.2, 0.25) is 0 Å². The van der Waals surface area contributed by atoms with Crippen LogP contribution in [-0.4, -0.2) is 41.9 Å². The van der Waals surface area contributed by atoms with E-state index in [9.17, 15) is 9.50 Å². The van der Waals surface area contributed by atoms with Crippen molar-refractivity contribution in [2.75, 3.05) is 27.4 Å². The lowest BCUT2D eigenvalue weighted by atomic mass is 9.87. The quantitative estimate of drug-likeness (QED) is 0.744. The first kappa shape index (κ1) is 18.7. The van der Waals surface area contributed by atoms with Crippen molar-refractivity contribution in [3.05, 3.63) is 47.5 Å². The van der Waals surface area contributed by atoms with Crippen molar-refractivity contribution in [2.45, 2.75) is 25.4 Å². The van der Waals surface area contributed by atoms with Gasteiger partial charge in [-0.3, -0.25) is 4.40 Å². The van der Waals surface area contributed by atoms with E-state index >= 15 is 0 Å². The predicted octanol–water partition coefficient (Wildman–Crippen LogP) is 3.46. The third-order valence-corrected chi connectivity index (χ3v) is 5.38. The number of aliphatic hydroxyl groups is 1. The third-order valence-electron chi connectivity index (χ3n) is 5.38. The summed E-state index contributed by atoms with van der Waals surface area (Å²) in [6, 6.07) is 5.08. The molecule has 0 amide bonds. The maximum absolute atomic E-state index is 14.4. The van der Waals surface area contributed by atoms with E-state index in [1.54, 1.807) is 26.3 Å². The van der Waals surface area contributed by atoms with Crippen molar-refractivity contribution in [1.82, 2.24) is 9.38 Å². The van der Waals surface area contributed by atoms with Crippen LogP contribution in [0.5, 0.6) is 11.5 Å². The second-order valence-electron chi connectivity index (χ2n) is 7.08. The first-order valence-corrected chi connectivity index (χ1v) is 9.17. The molecule has 1 aliphatic rings. The molecule has 28 heavy (non-hydrogen) atoms. The molecule has 0 saturated carbocycles. The summed E-state index contributed by atoms with van der Waals surface area (Å²) in [6.45, 7) is 2.77. The number of imidazole rings is 1. The Bertz CT molecular complexity index is 1000. The van der Waals surface area contributed by atoms with Gasteiger partial charge < -0.3 is 19.3 Å². The normalized spacial score (nSPS) is 16.3. The lowest BCUT2D eigenvalue weighted by Crippen LogP contribution is -2.34. The zero-order chi connectivity index (χ0) is 19.9. The lowest BCUT2D eigenvalue weighted by Gasteiger charge is -2.33. The molecule has 0 bridgehead atoms. The van der Waals surface area contributed by atoms with Crippen LogP contribution in [0.1, 0.15) is 24.0 Å². The molecule has 0 radical (unpaired) electrons. The summed E-state index contributed by atoms with van der Waals surface area (Å²) in [5.41, 5.74) is 2.39. The second kappa shape index (κ2) is 7.07. The molecule has 3 heterocycles. The fourth-order valence-corrected chi connectivity index (χ4v) is 3.85. The highest BCUT2D eigenvalue weighted by Crippen LogP contribution is 2.39. The molecule has 1 saturated heterocycles. The maximum Gasteiger partial charge on any atom is 0.165 e. The van der Waals surface area contributed by atoms with Crippen molar-refractivity contribution < 1.29 is 23.7 Å². The molecule has 1 N–H and O–H groups in total. The Balaban J connectivity index is 1.89. The van der Waals surface area contributed by atoms with Gasteiger partial charge in [-0.25, -0.2) is 9.37 Å². The monoisotopic (exact) mass is 386 g/mol. The average molecular weight is 386 g/mol. The largest absolute Gasteiger partial charge is 0.496 e. The minimum absolute atomic E-state index is 0.233. The van der Waals surface area contributed by atoms with Crippen molar-refractivity contribution in [1.29, 1.82) is 0 Å². The van der Waals surface area contributed by atoms with Gasteiger partial charge >= 0.3 is 0 Å². The van der Waals surface area contributed by atoms with Gasteiger partial charge in [-0.15, -0.1) is 0 Å². The van der Waals surface area contributed by atoms with Crippen molar-refractivity contribution in [2.24, 2.45) is 0 Å². The Morgan fingerprint density at radius 1 is 1.18 bits per heavy atom. The third kappa shape index (κ3) is 3.00. The summed E-state index contributed by atoms with van der Waals surface area (Å²) in [4.78, 5) is 4.44. The summed E-state index contributed by atoms with van der Waals surface area (Å²) < 4.78 is 32.3. The van der Waals surface area contributed by atoms with Gasteiger partial charge in [0.25, 0.3) is 0 Å². The van der Waals surface area contributed by atoms with Gasteiger partial charge in [0.1, 0.15) is 11.4 Å². The van der Waals surface area contributed by atoms with Crippen LogP contribution in [0, 0.1) is 12.7 Å². The number of methoxy groups -OCH3 is 2. The van der Waals surface area contributed by atoms with Gasteiger partial charge in [-0.05, 0) is 24.6 Å².